The van der Waals surface area contributed by atoms with Crippen LogP contribution in [0.1, 0.15) is 25.1 Å². The molecule has 112 valence electrons. The fourth-order valence-electron chi connectivity index (χ4n) is 2.51. The normalized spacial score (nSPS) is 18.1. The molecular weight excluding hydrogens is 280 g/mol. The Hall–Kier alpha value is -1.12. The SMILES string of the molecule is Cc1nc(SC[C@@H](O)C[NH+]2CCCCC2)c([N+](=O)[O-])[nH]1. The molecule has 0 bridgehead atoms. The topological polar surface area (TPSA) is 96.5 Å². The number of H-pyrrole nitrogens is 1. The number of nitrogens with zero attached hydrogens (tertiary/aromatic N) is 2. The highest BCUT2D eigenvalue weighted by molar-refractivity contribution is 7.99. The number of likely N-dealkylation sites (tertiary alicyclic amines) is 1. The van der Waals surface area contributed by atoms with Gasteiger partial charge < -0.3 is 20.1 Å². The maximum Gasteiger partial charge on any atom is 0.354 e. The van der Waals surface area contributed by atoms with Crippen LogP contribution in [0.5, 0.6) is 0 Å². The first-order chi connectivity index (χ1) is 9.56. The molecule has 0 radical (unpaired) electrons. The van der Waals surface area contributed by atoms with Gasteiger partial charge in [0.15, 0.2) is 10.9 Å². The van der Waals surface area contributed by atoms with Crippen molar-refractivity contribution in [2.24, 2.45) is 0 Å². The highest BCUT2D eigenvalue weighted by Gasteiger charge is 2.22. The number of nitrogens with one attached hydrogen (secondary N) is 2. The van der Waals surface area contributed by atoms with Gasteiger partial charge in [0.1, 0.15) is 12.6 Å². The molecule has 0 amide bonds. The molecule has 1 fully saturated rings. The van der Waals surface area contributed by atoms with Crippen molar-refractivity contribution in [3.63, 3.8) is 0 Å². The van der Waals surface area contributed by atoms with Crippen molar-refractivity contribution in [2.75, 3.05) is 25.4 Å². The molecule has 1 aromatic heterocycles. The summed E-state index contributed by atoms with van der Waals surface area (Å²) in [6, 6.07) is 0. The van der Waals surface area contributed by atoms with Crippen LogP contribution in [0.3, 0.4) is 0 Å². The van der Waals surface area contributed by atoms with Gasteiger partial charge in [0.2, 0.25) is 0 Å². The molecule has 0 unspecified atom stereocenters. The number of aryl methyl sites for hydroxylation is 1. The number of aliphatic hydroxyl groups excluding tert-OH is 1. The lowest BCUT2D eigenvalue weighted by Crippen LogP contribution is -3.13. The van der Waals surface area contributed by atoms with Gasteiger partial charge in [-0.25, -0.2) is 4.98 Å². The second-order valence-electron chi connectivity index (χ2n) is 5.21. The molecule has 2 heterocycles. The predicted molar refractivity (Wildman–Crippen MR) is 76.1 cm³/mol. The Kier molecular flexibility index (Phi) is 5.38. The highest BCUT2D eigenvalue weighted by atomic mass is 32.2. The predicted octanol–water partition coefficient (Wildman–Crippen LogP) is 0.148. The number of imidazole rings is 1. The van der Waals surface area contributed by atoms with Crippen molar-refractivity contribution in [1.29, 1.82) is 0 Å². The number of aromatic nitrogens is 2. The molecule has 1 atom stereocenters. The largest absolute Gasteiger partial charge is 0.386 e. The van der Waals surface area contributed by atoms with E-state index in [2.05, 4.69) is 9.97 Å². The summed E-state index contributed by atoms with van der Waals surface area (Å²) in [4.78, 5) is 18.5. The van der Waals surface area contributed by atoms with Gasteiger partial charge in [0.05, 0.1) is 13.1 Å². The number of aromatic amines is 1. The van der Waals surface area contributed by atoms with E-state index in [4.69, 9.17) is 0 Å². The summed E-state index contributed by atoms with van der Waals surface area (Å²) in [5.41, 5.74) is 0. The molecule has 1 aromatic rings. The number of piperidine rings is 1. The molecule has 2 rings (SSSR count). The molecule has 3 N–H and O–H groups in total. The molecule has 20 heavy (non-hydrogen) atoms. The van der Waals surface area contributed by atoms with Gasteiger partial charge in [-0.15, -0.1) is 0 Å². The molecule has 0 spiro atoms. The zero-order chi connectivity index (χ0) is 14.5. The van der Waals surface area contributed by atoms with Gasteiger partial charge in [0, 0.05) is 12.7 Å². The van der Waals surface area contributed by atoms with E-state index in [9.17, 15) is 15.2 Å². The number of hydrogen-bond donors (Lipinski definition) is 3. The number of thioether (sulfide) groups is 1. The van der Waals surface area contributed by atoms with E-state index in [0.717, 1.165) is 13.1 Å². The van der Waals surface area contributed by atoms with Crippen LogP contribution < -0.4 is 4.90 Å². The van der Waals surface area contributed by atoms with Crippen molar-refractivity contribution in [1.82, 2.24) is 9.97 Å². The Bertz CT molecular complexity index is 460. The van der Waals surface area contributed by atoms with Gasteiger partial charge in [-0.2, -0.15) is 4.98 Å². The first-order valence-corrected chi connectivity index (χ1v) is 7.90. The van der Waals surface area contributed by atoms with Crippen LogP contribution in [-0.2, 0) is 0 Å². The summed E-state index contributed by atoms with van der Waals surface area (Å²) in [5, 5.41) is 21.3. The summed E-state index contributed by atoms with van der Waals surface area (Å²) in [6.07, 6.45) is 3.27. The van der Waals surface area contributed by atoms with Gasteiger partial charge in [-0.05, 0) is 24.2 Å². The lowest BCUT2D eigenvalue weighted by atomic mass is 10.1. The van der Waals surface area contributed by atoms with Gasteiger partial charge >= 0.3 is 5.82 Å². The van der Waals surface area contributed by atoms with Crippen LogP contribution >= 0.6 is 11.8 Å². The molecule has 8 heteroatoms. The number of rotatable bonds is 6. The highest BCUT2D eigenvalue weighted by Crippen LogP contribution is 2.26. The Morgan fingerprint density at radius 2 is 2.20 bits per heavy atom. The second kappa shape index (κ2) is 7.05. The van der Waals surface area contributed by atoms with Crippen LogP contribution in [-0.4, -0.2) is 51.5 Å². The molecule has 1 saturated heterocycles. The molecule has 1 aliphatic rings. The van der Waals surface area contributed by atoms with Crippen LogP contribution in [0.2, 0.25) is 0 Å². The minimum atomic E-state index is -0.468. The van der Waals surface area contributed by atoms with Crippen LogP contribution in [0.15, 0.2) is 5.03 Å². The van der Waals surface area contributed by atoms with E-state index in [1.54, 1.807) is 6.92 Å². The Morgan fingerprint density at radius 1 is 1.50 bits per heavy atom. The molecule has 1 aliphatic heterocycles. The first kappa shape index (κ1) is 15.3. The molecule has 0 saturated carbocycles. The first-order valence-electron chi connectivity index (χ1n) is 6.91. The smallest absolute Gasteiger partial charge is 0.354 e. The minimum Gasteiger partial charge on any atom is -0.386 e. The number of aliphatic hydroxyl groups is 1. The zero-order valence-corrected chi connectivity index (χ0v) is 12.4. The molecule has 0 aromatic carbocycles. The number of nitro groups is 1. The third-order valence-electron chi connectivity index (χ3n) is 3.45. The van der Waals surface area contributed by atoms with Crippen molar-refractivity contribution in [2.45, 2.75) is 37.3 Å². The van der Waals surface area contributed by atoms with E-state index in [0.29, 0.717) is 23.1 Å². The zero-order valence-electron chi connectivity index (χ0n) is 11.6. The summed E-state index contributed by atoms with van der Waals surface area (Å²) in [5.74, 6) is 0.884. The maximum absolute atomic E-state index is 10.9. The maximum atomic E-state index is 10.9. The van der Waals surface area contributed by atoms with Crippen molar-refractivity contribution in [3.05, 3.63) is 15.9 Å². The monoisotopic (exact) mass is 301 g/mol. The molecule has 0 aliphatic carbocycles. The summed E-state index contributed by atoms with van der Waals surface area (Å²) in [7, 11) is 0. The standard InChI is InChI=1S/C12H20N4O3S/c1-9-13-11(16(18)19)12(14-9)20-8-10(17)7-15-5-3-2-4-6-15/h10,17H,2-8H2,1H3,(H,13,14)/p+1/t10-/m0/s1. The Morgan fingerprint density at radius 3 is 2.85 bits per heavy atom. The van der Waals surface area contributed by atoms with Gasteiger partial charge in [-0.3, -0.25) is 0 Å². The van der Waals surface area contributed by atoms with Gasteiger partial charge in [-0.1, -0.05) is 11.8 Å². The Labute approximate surface area is 121 Å². The summed E-state index contributed by atoms with van der Waals surface area (Å²) < 4.78 is 0. The van der Waals surface area contributed by atoms with Gasteiger partial charge in [0.25, 0.3) is 0 Å². The molecule has 7 nitrogen and oxygen atoms in total. The van der Waals surface area contributed by atoms with E-state index in [1.807, 2.05) is 0 Å². The number of hydrogen-bond acceptors (Lipinski definition) is 5. The summed E-state index contributed by atoms with van der Waals surface area (Å²) in [6.45, 7) is 4.63. The van der Waals surface area contributed by atoms with E-state index >= 15 is 0 Å². The molecular formula is C12H21N4O3S+. The fraction of sp³-hybridized carbons (Fsp3) is 0.750. The van der Waals surface area contributed by atoms with Crippen LogP contribution in [0, 0.1) is 17.0 Å². The van der Waals surface area contributed by atoms with E-state index in [1.165, 1.54) is 35.9 Å². The van der Waals surface area contributed by atoms with Crippen molar-refractivity contribution in [3.8, 4) is 0 Å². The number of quaternary nitrogens is 1. The van der Waals surface area contributed by atoms with E-state index in [-0.39, 0.29) is 5.82 Å². The minimum absolute atomic E-state index is 0.0787. The third kappa shape index (κ3) is 4.19. The average molecular weight is 301 g/mol. The van der Waals surface area contributed by atoms with Crippen molar-refractivity contribution < 1.29 is 14.9 Å². The lowest BCUT2D eigenvalue weighted by molar-refractivity contribution is -0.907. The third-order valence-corrected chi connectivity index (χ3v) is 4.56. The second-order valence-corrected chi connectivity index (χ2v) is 6.22. The average Bonchev–Trinajstić information content (AvgIpc) is 2.79. The van der Waals surface area contributed by atoms with Crippen LogP contribution in [0.25, 0.3) is 0 Å². The Balaban J connectivity index is 1.83. The quantitative estimate of drug-likeness (QED) is 0.395. The van der Waals surface area contributed by atoms with Crippen LogP contribution in [0.4, 0.5) is 5.82 Å². The van der Waals surface area contributed by atoms with E-state index < -0.39 is 11.0 Å². The fourth-order valence-corrected chi connectivity index (χ4v) is 3.44. The van der Waals surface area contributed by atoms with Crippen molar-refractivity contribution >= 4 is 17.6 Å². The lowest BCUT2D eigenvalue weighted by Gasteiger charge is -2.25. The summed E-state index contributed by atoms with van der Waals surface area (Å²) >= 11 is 1.25.